The van der Waals surface area contributed by atoms with Gasteiger partial charge >= 0.3 is 6.03 Å². The van der Waals surface area contributed by atoms with Gasteiger partial charge < -0.3 is 10.6 Å². The molecule has 4 heteroatoms. The highest BCUT2D eigenvalue weighted by atomic mass is 16.2. The second kappa shape index (κ2) is 3.05. The first-order chi connectivity index (χ1) is 6.29. The van der Waals surface area contributed by atoms with Crippen molar-refractivity contribution in [2.45, 2.75) is 12.5 Å². The van der Waals surface area contributed by atoms with E-state index < -0.39 is 0 Å². The number of carbonyl (C=O) groups excluding carboxylic acids is 1. The lowest BCUT2D eigenvalue weighted by molar-refractivity contribution is 0.122. The lowest BCUT2D eigenvalue weighted by Crippen LogP contribution is -2.47. The summed E-state index contributed by atoms with van der Waals surface area (Å²) in [7, 11) is 0. The number of likely N-dealkylation sites (tertiary alicyclic amines) is 1. The summed E-state index contributed by atoms with van der Waals surface area (Å²) in [6, 6.07) is 3.63. The van der Waals surface area contributed by atoms with Crippen molar-refractivity contribution in [1.29, 1.82) is 0 Å². The van der Waals surface area contributed by atoms with Crippen molar-refractivity contribution < 1.29 is 4.79 Å². The number of amides is 2. The first-order valence-corrected chi connectivity index (χ1v) is 4.25. The van der Waals surface area contributed by atoms with Crippen LogP contribution in [0.5, 0.6) is 0 Å². The highest BCUT2D eigenvalue weighted by molar-refractivity contribution is 5.73. The van der Waals surface area contributed by atoms with E-state index in [1.807, 2.05) is 12.1 Å². The first kappa shape index (κ1) is 8.04. The quantitative estimate of drug-likeness (QED) is 0.693. The van der Waals surface area contributed by atoms with E-state index in [2.05, 4.69) is 4.98 Å². The largest absolute Gasteiger partial charge is 0.351 e. The van der Waals surface area contributed by atoms with Gasteiger partial charge in [-0.1, -0.05) is 6.07 Å². The fourth-order valence-corrected chi connectivity index (χ4v) is 1.57. The van der Waals surface area contributed by atoms with Crippen molar-refractivity contribution >= 4 is 6.03 Å². The molecule has 4 nitrogen and oxygen atoms in total. The molecule has 1 aromatic heterocycles. The van der Waals surface area contributed by atoms with Gasteiger partial charge in [-0.25, -0.2) is 4.79 Å². The molecule has 1 unspecified atom stereocenters. The van der Waals surface area contributed by atoms with Crippen molar-refractivity contribution in [2.24, 2.45) is 5.73 Å². The zero-order chi connectivity index (χ0) is 9.26. The molecule has 2 heterocycles. The standard InChI is InChI=1S/C9H11N3O/c10-9(13)12-5-3-8(12)7-2-1-4-11-6-7/h1-2,4,6,8H,3,5H2,(H2,10,13). The summed E-state index contributed by atoms with van der Waals surface area (Å²) in [4.78, 5) is 16.5. The third kappa shape index (κ3) is 1.35. The van der Waals surface area contributed by atoms with Crippen molar-refractivity contribution in [1.82, 2.24) is 9.88 Å². The molecule has 0 bridgehead atoms. The molecule has 0 saturated carbocycles. The Kier molecular flexibility index (Phi) is 1.88. The van der Waals surface area contributed by atoms with E-state index in [-0.39, 0.29) is 12.1 Å². The second-order valence-electron chi connectivity index (χ2n) is 3.12. The Hall–Kier alpha value is -1.58. The number of primary amides is 1. The van der Waals surface area contributed by atoms with Crippen LogP contribution in [0.3, 0.4) is 0 Å². The summed E-state index contributed by atoms with van der Waals surface area (Å²) < 4.78 is 0. The number of pyridine rings is 1. The summed E-state index contributed by atoms with van der Waals surface area (Å²) in [5.41, 5.74) is 6.25. The summed E-state index contributed by atoms with van der Waals surface area (Å²) in [6.07, 6.45) is 4.48. The first-order valence-electron chi connectivity index (χ1n) is 4.25. The minimum atomic E-state index is -0.347. The molecule has 2 N–H and O–H groups in total. The minimum absolute atomic E-state index is 0.145. The molecule has 1 aromatic rings. The van der Waals surface area contributed by atoms with Crippen LogP contribution in [0.1, 0.15) is 18.0 Å². The monoisotopic (exact) mass is 177 g/mol. The van der Waals surface area contributed by atoms with Crippen LogP contribution in [0.4, 0.5) is 4.79 Å². The van der Waals surface area contributed by atoms with E-state index in [9.17, 15) is 4.79 Å². The Morgan fingerprint density at radius 1 is 1.69 bits per heavy atom. The maximum absolute atomic E-state index is 10.9. The zero-order valence-corrected chi connectivity index (χ0v) is 7.18. The molecular weight excluding hydrogens is 166 g/mol. The molecule has 0 spiro atoms. The van der Waals surface area contributed by atoms with Gasteiger partial charge in [0.15, 0.2) is 0 Å². The van der Waals surface area contributed by atoms with E-state index >= 15 is 0 Å². The van der Waals surface area contributed by atoms with E-state index in [1.54, 1.807) is 17.3 Å². The molecular formula is C9H11N3O. The fraction of sp³-hybridized carbons (Fsp3) is 0.333. The van der Waals surface area contributed by atoms with Gasteiger partial charge in [0.2, 0.25) is 0 Å². The van der Waals surface area contributed by atoms with Crippen LogP contribution < -0.4 is 5.73 Å². The molecule has 2 amide bonds. The summed E-state index contributed by atoms with van der Waals surface area (Å²) in [5, 5.41) is 0. The normalized spacial score (nSPS) is 20.9. The molecule has 68 valence electrons. The third-order valence-corrected chi connectivity index (χ3v) is 2.37. The number of hydrogen-bond donors (Lipinski definition) is 1. The molecule has 2 rings (SSSR count). The zero-order valence-electron chi connectivity index (χ0n) is 7.18. The van der Waals surface area contributed by atoms with Gasteiger partial charge in [0, 0.05) is 18.9 Å². The Labute approximate surface area is 76.4 Å². The predicted octanol–water partition coefficient (Wildman–Crippen LogP) is 0.907. The van der Waals surface area contributed by atoms with E-state index in [0.29, 0.717) is 0 Å². The van der Waals surface area contributed by atoms with Gasteiger partial charge in [-0.2, -0.15) is 0 Å². The Morgan fingerprint density at radius 3 is 3.00 bits per heavy atom. The lowest BCUT2D eigenvalue weighted by Gasteiger charge is -2.39. The van der Waals surface area contributed by atoms with Gasteiger partial charge in [-0.15, -0.1) is 0 Å². The van der Waals surface area contributed by atoms with Crippen molar-refractivity contribution in [2.75, 3.05) is 6.54 Å². The highest BCUT2D eigenvalue weighted by Gasteiger charge is 2.31. The van der Waals surface area contributed by atoms with Gasteiger partial charge in [-0.3, -0.25) is 4.98 Å². The number of aromatic nitrogens is 1. The molecule has 0 aliphatic carbocycles. The summed E-state index contributed by atoms with van der Waals surface area (Å²) in [6.45, 7) is 0.759. The number of carbonyl (C=O) groups is 1. The maximum atomic E-state index is 10.9. The van der Waals surface area contributed by atoms with Gasteiger partial charge in [0.05, 0.1) is 6.04 Å². The molecule has 1 aliphatic heterocycles. The Morgan fingerprint density at radius 2 is 2.54 bits per heavy atom. The van der Waals surface area contributed by atoms with Crippen molar-refractivity contribution in [3.63, 3.8) is 0 Å². The highest BCUT2D eigenvalue weighted by Crippen LogP contribution is 2.31. The van der Waals surface area contributed by atoms with Gasteiger partial charge in [0.25, 0.3) is 0 Å². The SMILES string of the molecule is NC(=O)N1CCC1c1cccnc1. The van der Waals surface area contributed by atoms with Crippen LogP contribution >= 0.6 is 0 Å². The van der Waals surface area contributed by atoms with Crippen LogP contribution in [0.25, 0.3) is 0 Å². The molecule has 0 aromatic carbocycles. The number of rotatable bonds is 1. The number of nitrogens with zero attached hydrogens (tertiary/aromatic N) is 2. The molecule has 0 radical (unpaired) electrons. The smallest absolute Gasteiger partial charge is 0.315 e. The van der Waals surface area contributed by atoms with Crippen LogP contribution in [0.2, 0.25) is 0 Å². The van der Waals surface area contributed by atoms with Crippen LogP contribution in [0, 0.1) is 0 Å². The average Bonchev–Trinajstić information content (AvgIpc) is 2.02. The molecule has 13 heavy (non-hydrogen) atoms. The fourth-order valence-electron chi connectivity index (χ4n) is 1.57. The van der Waals surface area contributed by atoms with Crippen molar-refractivity contribution in [3.05, 3.63) is 30.1 Å². The summed E-state index contributed by atoms with van der Waals surface area (Å²) >= 11 is 0. The van der Waals surface area contributed by atoms with E-state index in [1.165, 1.54) is 0 Å². The van der Waals surface area contributed by atoms with Gasteiger partial charge in [-0.05, 0) is 18.1 Å². The van der Waals surface area contributed by atoms with E-state index in [4.69, 9.17) is 5.73 Å². The topological polar surface area (TPSA) is 59.2 Å². The van der Waals surface area contributed by atoms with Crippen LogP contribution in [-0.2, 0) is 0 Å². The number of nitrogens with two attached hydrogens (primary N) is 1. The Balaban J connectivity index is 2.15. The number of urea groups is 1. The third-order valence-electron chi connectivity index (χ3n) is 2.37. The van der Waals surface area contributed by atoms with Crippen LogP contribution in [-0.4, -0.2) is 22.5 Å². The van der Waals surface area contributed by atoms with Crippen LogP contribution in [0.15, 0.2) is 24.5 Å². The molecule has 1 atom stereocenters. The average molecular weight is 177 g/mol. The molecule has 1 aliphatic rings. The predicted molar refractivity (Wildman–Crippen MR) is 47.9 cm³/mol. The second-order valence-corrected chi connectivity index (χ2v) is 3.12. The maximum Gasteiger partial charge on any atom is 0.315 e. The van der Waals surface area contributed by atoms with Crippen molar-refractivity contribution in [3.8, 4) is 0 Å². The number of hydrogen-bond acceptors (Lipinski definition) is 2. The molecule has 1 fully saturated rings. The summed E-state index contributed by atoms with van der Waals surface area (Å²) in [5.74, 6) is 0. The van der Waals surface area contributed by atoms with Gasteiger partial charge in [0.1, 0.15) is 0 Å². The van der Waals surface area contributed by atoms with E-state index in [0.717, 1.165) is 18.5 Å². The minimum Gasteiger partial charge on any atom is -0.351 e. The molecule has 1 saturated heterocycles. The Bertz CT molecular complexity index is 312. The lowest BCUT2D eigenvalue weighted by atomic mass is 9.97.